The molecule has 5 nitrogen and oxygen atoms in total. The Morgan fingerprint density at radius 3 is 2.73 bits per heavy atom. The van der Waals surface area contributed by atoms with E-state index in [-0.39, 0.29) is 5.69 Å². The Hall–Kier alpha value is -2.16. The summed E-state index contributed by atoms with van der Waals surface area (Å²) >= 11 is 6.24. The molecule has 0 aliphatic carbocycles. The zero-order valence-corrected chi connectivity index (χ0v) is 16.5. The van der Waals surface area contributed by atoms with Gasteiger partial charge in [0, 0.05) is 26.1 Å². The van der Waals surface area contributed by atoms with Crippen LogP contribution in [0, 0.1) is 0 Å². The predicted octanol–water partition coefficient (Wildman–Crippen LogP) is 4.84. The molecule has 0 spiro atoms. The molecule has 0 saturated carbocycles. The lowest BCUT2D eigenvalue weighted by atomic mass is 10.1. The quantitative estimate of drug-likeness (QED) is 0.581. The van der Waals surface area contributed by atoms with Crippen LogP contribution < -0.4 is 5.73 Å². The Balaban J connectivity index is 1.84. The van der Waals surface area contributed by atoms with Gasteiger partial charge in [0.05, 0.1) is 22.4 Å². The molecule has 1 aromatic carbocycles. The second-order valence-electron chi connectivity index (χ2n) is 5.54. The molecule has 3 aromatic rings. The highest BCUT2D eigenvalue weighted by Crippen LogP contribution is 2.37. The van der Waals surface area contributed by atoms with Crippen LogP contribution in [0.5, 0.6) is 0 Å². The lowest BCUT2D eigenvalue weighted by molar-refractivity contribution is 0.0996. The summed E-state index contributed by atoms with van der Waals surface area (Å²) in [4.78, 5) is 13.8. The summed E-state index contributed by atoms with van der Waals surface area (Å²) in [7, 11) is 0. The fraction of sp³-hybridized carbons (Fsp3) is 0.0556. The first-order valence-corrected chi connectivity index (χ1v) is 10.0. The van der Waals surface area contributed by atoms with E-state index < -0.39 is 5.91 Å². The van der Waals surface area contributed by atoms with Crippen LogP contribution in [0.2, 0.25) is 0 Å². The standard InChI is InChI=1S/C18H12BrN3O2S2/c19-11-5-3-10(4-6-11)15-9-13-14(8-12-2-1-7-24-26-12)21-22-16(18(20)23)17(13)25-15/h1-7,9H,8H2,(H2,20,23). The third-order valence-electron chi connectivity index (χ3n) is 3.80. The van der Waals surface area contributed by atoms with Gasteiger partial charge in [-0.3, -0.25) is 4.79 Å². The second kappa shape index (κ2) is 7.22. The second-order valence-corrected chi connectivity index (χ2v) is 8.39. The Bertz CT molecular complexity index is 1060. The van der Waals surface area contributed by atoms with Crippen LogP contribution in [-0.2, 0) is 10.6 Å². The minimum Gasteiger partial charge on any atom is -0.429 e. The first-order valence-electron chi connectivity index (χ1n) is 7.65. The van der Waals surface area contributed by atoms with Crippen LogP contribution in [0.15, 0.2) is 58.1 Å². The summed E-state index contributed by atoms with van der Waals surface area (Å²) in [6, 6.07) is 10.1. The zero-order chi connectivity index (χ0) is 18.1. The van der Waals surface area contributed by atoms with Crippen molar-refractivity contribution < 1.29 is 8.98 Å². The molecular formula is C18H12BrN3O2S2. The summed E-state index contributed by atoms with van der Waals surface area (Å²) in [5.41, 5.74) is 7.56. The fourth-order valence-corrected chi connectivity index (χ4v) is 4.60. The number of carbonyl (C=O) groups is 1. The van der Waals surface area contributed by atoms with Crippen molar-refractivity contribution >= 4 is 55.3 Å². The highest BCUT2D eigenvalue weighted by atomic mass is 79.9. The van der Waals surface area contributed by atoms with Crippen molar-refractivity contribution in [3.63, 3.8) is 0 Å². The van der Waals surface area contributed by atoms with Crippen molar-refractivity contribution in [3.8, 4) is 10.4 Å². The number of thiophene rings is 1. The molecular weight excluding hydrogens is 434 g/mol. The molecule has 0 unspecified atom stereocenters. The number of benzene rings is 1. The van der Waals surface area contributed by atoms with Crippen molar-refractivity contribution in [1.29, 1.82) is 0 Å². The summed E-state index contributed by atoms with van der Waals surface area (Å²) in [6.45, 7) is 0. The molecule has 130 valence electrons. The van der Waals surface area contributed by atoms with Gasteiger partial charge in [-0.1, -0.05) is 28.1 Å². The number of aromatic nitrogens is 2. The van der Waals surface area contributed by atoms with E-state index in [0.29, 0.717) is 6.42 Å². The number of amides is 1. The molecule has 26 heavy (non-hydrogen) atoms. The maximum Gasteiger partial charge on any atom is 0.270 e. The minimum atomic E-state index is -0.573. The Labute approximate surface area is 166 Å². The van der Waals surface area contributed by atoms with Gasteiger partial charge in [0.25, 0.3) is 5.91 Å². The first-order chi connectivity index (χ1) is 12.6. The average Bonchev–Trinajstić information content (AvgIpc) is 3.09. The Morgan fingerprint density at radius 1 is 1.23 bits per heavy atom. The van der Waals surface area contributed by atoms with Crippen molar-refractivity contribution in [2.45, 2.75) is 6.42 Å². The van der Waals surface area contributed by atoms with Gasteiger partial charge in [-0.15, -0.1) is 16.4 Å². The number of rotatable bonds is 4. The van der Waals surface area contributed by atoms with Crippen molar-refractivity contribution in [2.24, 2.45) is 5.73 Å². The van der Waals surface area contributed by atoms with E-state index in [9.17, 15) is 4.79 Å². The maximum absolute atomic E-state index is 11.8. The van der Waals surface area contributed by atoms with Crippen LogP contribution in [0.3, 0.4) is 0 Å². The van der Waals surface area contributed by atoms with Crippen LogP contribution in [-0.4, -0.2) is 16.1 Å². The summed E-state index contributed by atoms with van der Waals surface area (Å²) < 4.78 is 7.03. The topological polar surface area (TPSA) is 78.1 Å². The van der Waals surface area contributed by atoms with Gasteiger partial charge in [0.1, 0.15) is 6.26 Å². The SMILES string of the molecule is NC(=O)c1nnc(CC2=CC=COS2)c2cc(-c3ccc(Br)cc3)sc12. The van der Waals surface area contributed by atoms with E-state index in [1.807, 2.05) is 42.5 Å². The molecule has 3 heterocycles. The summed E-state index contributed by atoms with van der Waals surface area (Å²) in [5, 5.41) is 9.23. The Kier molecular flexibility index (Phi) is 4.80. The summed E-state index contributed by atoms with van der Waals surface area (Å²) in [5.74, 6) is -0.573. The monoisotopic (exact) mass is 445 g/mol. The van der Waals surface area contributed by atoms with Crippen molar-refractivity contribution in [2.75, 3.05) is 0 Å². The van der Waals surface area contributed by atoms with Gasteiger partial charge < -0.3 is 9.92 Å². The highest BCUT2D eigenvalue weighted by molar-refractivity contribution is 9.10. The van der Waals surface area contributed by atoms with Crippen molar-refractivity contribution in [1.82, 2.24) is 10.2 Å². The van der Waals surface area contributed by atoms with Gasteiger partial charge in [-0.2, -0.15) is 5.10 Å². The number of hydrogen-bond donors (Lipinski definition) is 1. The van der Waals surface area contributed by atoms with Crippen LogP contribution in [0.25, 0.3) is 20.5 Å². The number of fused-ring (bicyclic) bond motifs is 1. The maximum atomic E-state index is 11.8. The number of nitrogens with two attached hydrogens (primary N) is 1. The largest absolute Gasteiger partial charge is 0.429 e. The molecule has 4 rings (SSSR count). The van der Waals surface area contributed by atoms with E-state index in [1.54, 1.807) is 6.26 Å². The molecule has 0 fully saturated rings. The molecule has 0 saturated heterocycles. The molecule has 0 bridgehead atoms. The lowest BCUT2D eigenvalue weighted by Crippen LogP contribution is -2.14. The van der Waals surface area contributed by atoms with Gasteiger partial charge >= 0.3 is 0 Å². The van der Waals surface area contributed by atoms with E-state index in [1.165, 1.54) is 23.4 Å². The molecule has 0 atom stereocenters. The molecule has 2 aromatic heterocycles. The normalized spacial score (nSPS) is 13.5. The first kappa shape index (κ1) is 17.3. The van der Waals surface area contributed by atoms with E-state index in [0.717, 1.165) is 35.6 Å². The zero-order valence-electron chi connectivity index (χ0n) is 13.3. The van der Waals surface area contributed by atoms with E-state index >= 15 is 0 Å². The lowest BCUT2D eigenvalue weighted by Gasteiger charge is -2.08. The molecule has 1 aliphatic heterocycles. The number of hydrogen-bond acceptors (Lipinski definition) is 6. The van der Waals surface area contributed by atoms with Gasteiger partial charge in [0.2, 0.25) is 0 Å². The molecule has 1 amide bonds. The molecule has 8 heteroatoms. The van der Waals surface area contributed by atoms with Gasteiger partial charge in [-0.25, -0.2) is 0 Å². The number of carbonyl (C=O) groups excluding carboxylic acids is 1. The van der Waals surface area contributed by atoms with Crippen molar-refractivity contribution in [3.05, 3.63) is 69.5 Å². The number of allylic oxidation sites excluding steroid dienone is 3. The minimum absolute atomic E-state index is 0.207. The predicted molar refractivity (Wildman–Crippen MR) is 109 cm³/mol. The number of primary amides is 1. The highest BCUT2D eigenvalue weighted by Gasteiger charge is 2.19. The summed E-state index contributed by atoms with van der Waals surface area (Å²) in [6.07, 6.45) is 6.02. The third kappa shape index (κ3) is 3.40. The van der Waals surface area contributed by atoms with Crippen LogP contribution >= 0.6 is 39.3 Å². The smallest absolute Gasteiger partial charge is 0.270 e. The molecule has 2 N–H and O–H groups in total. The van der Waals surface area contributed by atoms with Crippen LogP contribution in [0.1, 0.15) is 16.2 Å². The van der Waals surface area contributed by atoms with Gasteiger partial charge in [0.15, 0.2) is 5.69 Å². The molecule has 0 radical (unpaired) electrons. The fourth-order valence-electron chi connectivity index (χ4n) is 2.59. The molecule has 1 aliphatic rings. The third-order valence-corrected chi connectivity index (χ3v) is 6.23. The number of nitrogens with zero attached hydrogens (tertiary/aromatic N) is 2. The number of halogens is 1. The van der Waals surface area contributed by atoms with E-state index in [2.05, 4.69) is 26.1 Å². The Morgan fingerprint density at radius 2 is 2.04 bits per heavy atom. The van der Waals surface area contributed by atoms with E-state index in [4.69, 9.17) is 9.92 Å². The average molecular weight is 446 g/mol. The van der Waals surface area contributed by atoms with Gasteiger partial charge in [-0.05, 0) is 35.9 Å². The van der Waals surface area contributed by atoms with Crippen LogP contribution in [0.4, 0.5) is 0 Å².